The van der Waals surface area contributed by atoms with Gasteiger partial charge in [0.05, 0.1) is 18.6 Å². The maximum atomic E-state index is 9.03. The second-order valence-electron chi connectivity index (χ2n) is 4.67. The molecule has 18 heavy (non-hydrogen) atoms. The van der Waals surface area contributed by atoms with Gasteiger partial charge in [-0.05, 0) is 18.4 Å². The molecule has 1 aromatic carbocycles. The molecule has 0 N–H and O–H groups in total. The van der Waals surface area contributed by atoms with E-state index in [0.29, 0.717) is 18.9 Å². The van der Waals surface area contributed by atoms with Crippen LogP contribution < -0.4 is 0 Å². The molecule has 0 aliphatic heterocycles. The van der Waals surface area contributed by atoms with E-state index in [-0.39, 0.29) is 6.04 Å². The Morgan fingerprint density at radius 1 is 1.17 bits per heavy atom. The van der Waals surface area contributed by atoms with Gasteiger partial charge in [-0.2, -0.15) is 10.5 Å². The number of hydrogen-bond acceptors (Lipinski definition) is 3. The van der Waals surface area contributed by atoms with Crippen molar-refractivity contribution in [2.24, 2.45) is 0 Å². The minimum absolute atomic E-state index is 0.136. The summed E-state index contributed by atoms with van der Waals surface area (Å²) in [6.45, 7) is 0.766. The number of benzene rings is 1. The van der Waals surface area contributed by atoms with Crippen molar-refractivity contribution in [2.45, 2.75) is 37.8 Å². The highest BCUT2D eigenvalue weighted by Crippen LogP contribution is 2.35. The molecule has 1 aromatic rings. The van der Waals surface area contributed by atoms with E-state index < -0.39 is 0 Å². The second kappa shape index (κ2) is 6.19. The highest BCUT2D eigenvalue weighted by atomic mass is 15.2. The zero-order valence-electron chi connectivity index (χ0n) is 10.4. The summed E-state index contributed by atoms with van der Waals surface area (Å²) in [5, 5.41) is 17.8. The molecule has 1 atom stereocenters. The monoisotopic (exact) mass is 239 g/mol. The van der Waals surface area contributed by atoms with E-state index in [0.717, 1.165) is 6.54 Å². The lowest BCUT2D eigenvalue weighted by Gasteiger charge is -2.30. The quantitative estimate of drug-likeness (QED) is 0.766. The van der Waals surface area contributed by atoms with Crippen LogP contribution in [0.5, 0.6) is 0 Å². The normalized spacial score (nSPS) is 15.9. The third-order valence-electron chi connectivity index (χ3n) is 3.37. The van der Waals surface area contributed by atoms with Crippen molar-refractivity contribution in [1.29, 1.82) is 10.5 Å². The van der Waals surface area contributed by atoms with E-state index in [1.54, 1.807) is 0 Å². The summed E-state index contributed by atoms with van der Waals surface area (Å²) in [6.07, 6.45) is 3.41. The topological polar surface area (TPSA) is 50.8 Å². The SMILES string of the molecule is N#CCCN(C1CC1)C(CC#N)c1ccccc1. The summed E-state index contributed by atoms with van der Waals surface area (Å²) in [6, 6.07) is 15.3. The zero-order valence-corrected chi connectivity index (χ0v) is 10.4. The van der Waals surface area contributed by atoms with Crippen LogP contribution >= 0.6 is 0 Å². The molecule has 0 bridgehead atoms. The second-order valence-corrected chi connectivity index (χ2v) is 4.67. The third kappa shape index (κ3) is 3.09. The molecular formula is C15H17N3. The minimum atomic E-state index is 0.136. The Bertz CT molecular complexity index is 451. The summed E-state index contributed by atoms with van der Waals surface area (Å²) in [5.41, 5.74) is 1.18. The van der Waals surface area contributed by atoms with Gasteiger partial charge in [0, 0.05) is 25.0 Å². The highest BCUT2D eigenvalue weighted by Gasteiger charge is 2.34. The van der Waals surface area contributed by atoms with Crippen molar-refractivity contribution in [3.8, 4) is 12.1 Å². The van der Waals surface area contributed by atoms with Crippen molar-refractivity contribution in [3.05, 3.63) is 35.9 Å². The number of nitrogens with zero attached hydrogens (tertiary/aromatic N) is 3. The number of nitriles is 2. The molecule has 0 aromatic heterocycles. The Kier molecular flexibility index (Phi) is 4.34. The first-order chi connectivity index (χ1) is 8.86. The third-order valence-corrected chi connectivity index (χ3v) is 3.37. The lowest BCUT2D eigenvalue weighted by atomic mass is 10.0. The van der Waals surface area contributed by atoms with E-state index in [1.807, 2.05) is 18.2 Å². The minimum Gasteiger partial charge on any atom is -0.291 e. The average Bonchev–Trinajstić information content (AvgIpc) is 3.23. The molecule has 0 heterocycles. The molecular weight excluding hydrogens is 222 g/mol. The maximum Gasteiger partial charge on any atom is 0.0641 e. The molecule has 1 unspecified atom stereocenters. The fourth-order valence-electron chi connectivity index (χ4n) is 2.37. The summed E-state index contributed by atoms with van der Waals surface area (Å²) in [5.74, 6) is 0. The number of rotatable bonds is 6. The molecule has 3 nitrogen and oxygen atoms in total. The Hall–Kier alpha value is -1.84. The molecule has 0 saturated heterocycles. The van der Waals surface area contributed by atoms with Crippen molar-refractivity contribution in [2.75, 3.05) is 6.54 Å². The van der Waals surface area contributed by atoms with Crippen molar-refractivity contribution < 1.29 is 0 Å². The van der Waals surface area contributed by atoms with Gasteiger partial charge < -0.3 is 0 Å². The maximum absolute atomic E-state index is 9.03. The summed E-state index contributed by atoms with van der Waals surface area (Å²) >= 11 is 0. The average molecular weight is 239 g/mol. The first kappa shape index (κ1) is 12.6. The standard InChI is InChI=1S/C15H17N3/c16-10-4-12-18(14-7-8-14)15(9-11-17)13-5-2-1-3-6-13/h1-3,5-6,14-15H,4,7-9,12H2. The van der Waals surface area contributed by atoms with Crippen LogP contribution in [0.2, 0.25) is 0 Å². The van der Waals surface area contributed by atoms with Gasteiger partial charge in [0.25, 0.3) is 0 Å². The van der Waals surface area contributed by atoms with Crippen LogP contribution in [0.1, 0.15) is 37.3 Å². The molecule has 1 fully saturated rings. The van der Waals surface area contributed by atoms with Gasteiger partial charge >= 0.3 is 0 Å². The Morgan fingerprint density at radius 2 is 1.89 bits per heavy atom. The van der Waals surface area contributed by atoms with Crippen molar-refractivity contribution >= 4 is 0 Å². The molecule has 0 radical (unpaired) electrons. The Labute approximate surface area is 108 Å². The molecule has 1 aliphatic rings. The van der Waals surface area contributed by atoms with Gasteiger partial charge in [0.15, 0.2) is 0 Å². The Morgan fingerprint density at radius 3 is 2.44 bits per heavy atom. The Balaban J connectivity index is 2.17. The van der Waals surface area contributed by atoms with Gasteiger partial charge in [-0.25, -0.2) is 0 Å². The van der Waals surface area contributed by atoms with Crippen molar-refractivity contribution in [3.63, 3.8) is 0 Å². The van der Waals surface area contributed by atoms with Crippen LogP contribution in [-0.2, 0) is 0 Å². The fourth-order valence-corrected chi connectivity index (χ4v) is 2.37. The lowest BCUT2D eigenvalue weighted by Crippen LogP contribution is -2.31. The van der Waals surface area contributed by atoms with Crippen LogP contribution in [0.3, 0.4) is 0 Å². The van der Waals surface area contributed by atoms with Gasteiger partial charge in [-0.1, -0.05) is 30.3 Å². The van der Waals surface area contributed by atoms with E-state index in [9.17, 15) is 0 Å². The summed E-state index contributed by atoms with van der Waals surface area (Å²) in [7, 11) is 0. The van der Waals surface area contributed by atoms with E-state index in [4.69, 9.17) is 10.5 Å². The molecule has 3 heteroatoms. The molecule has 0 spiro atoms. The van der Waals surface area contributed by atoms with Crippen LogP contribution in [0.15, 0.2) is 30.3 Å². The van der Waals surface area contributed by atoms with E-state index in [1.165, 1.54) is 18.4 Å². The first-order valence-corrected chi connectivity index (χ1v) is 6.41. The van der Waals surface area contributed by atoms with Crippen LogP contribution in [0, 0.1) is 22.7 Å². The van der Waals surface area contributed by atoms with Gasteiger partial charge in [-0.15, -0.1) is 0 Å². The summed E-state index contributed by atoms with van der Waals surface area (Å²) in [4.78, 5) is 2.34. The molecule has 0 amide bonds. The predicted molar refractivity (Wildman–Crippen MR) is 69.4 cm³/mol. The molecule has 1 aliphatic carbocycles. The smallest absolute Gasteiger partial charge is 0.0641 e. The predicted octanol–water partition coefficient (Wildman–Crippen LogP) is 3.02. The van der Waals surface area contributed by atoms with E-state index in [2.05, 4.69) is 29.2 Å². The fraction of sp³-hybridized carbons (Fsp3) is 0.467. The zero-order chi connectivity index (χ0) is 12.8. The van der Waals surface area contributed by atoms with Crippen LogP contribution in [0.4, 0.5) is 0 Å². The highest BCUT2D eigenvalue weighted by molar-refractivity contribution is 5.21. The lowest BCUT2D eigenvalue weighted by molar-refractivity contribution is 0.193. The molecule has 2 rings (SSSR count). The van der Waals surface area contributed by atoms with Crippen LogP contribution in [-0.4, -0.2) is 17.5 Å². The molecule has 1 saturated carbocycles. The number of hydrogen-bond donors (Lipinski definition) is 0. The van der Waals surface area contributed by atoms with Gasteiger partial charge in [-0.3, -0.25) is 4.90 Å². The van der Waals surface area contributed by atoms with E-state index >= 15 is 0 Å². The molecule has 92 valence electrons. The van der Waals surface area contributed by atoms with Gasteiger partial charge in [0.1, 0.15) is 0 Å². The summed E-state index contributed by atoms with van der Waals surface area (Å²) < 4.78 is 0. The first-order valence-electron chi connectivity index (χ1n) is 6.41. The van der Waals surface area contributed by atoms with Crippen LogP contribution in [0.25, 0.3) is 0 Å². The van der Waals surface area contributed by atoms with Crippen molar-refractivity contribution in [1.82, 2.24) is 4.90 Å². The largest absolute Gasteiger partial charge is 0.291 e. The van der Waals surface area contributed by atoms with Gasteiger partial charge in [0.2, 0.25) is 0 Å².